The fourth-order valence-electron chi connectivity index (χ4n) is 2.00. The zero-order valence-corrected chi connectivity index (χ0v) is 15.0. The van der Waals surface area contributed by atoms with E-state index in [1.165, 1.54) is 12.1 Å². The van der Waals surface area contributed by atoms with E-state index in [0.717, 1.165) is 23.8 Å². The highest BCUT2D eigenvalue weighted by atomic mass is 32.2. The molecule has 0 aliphatic heterocycles. The van der Waals surface area contributed by atoms with E-state index in [0.29, 0.717) is 0 Å². The average molecular weight is 385 g/mol. The van der Waals surface area contributed by atoms with Gasteiger partial charge >= 0.3 is 0 Å². The first-order valence-corrected chi connectivity index (χ1v) is 10.0. The van der Waals surface area contributed by atoms with Crippen molar-refractivity contribution in [3.63, 3.8) is 0 Å². The van der Waals surface area contributed by atoms with Crippen LogP contribution in [-0.4, -0.2) is 21.9 Å². The first-order chi connectivity index (χ1) is 11.0. The van der Waals surface area contributed by atoms with Crippen molar-refractivity contribution < 1.29 is 16.8 Å². The molecule has 2 rings (SSSR count). The van der Waals surface area contributed by atoms with Gasteiger partial charge in [0.05, 0.1) is 20.4 Å². The van der Waals surface area contributed by atoms with Gasteiger partial charge in [-0.3, -0.25) is 0 Å². The van der Waals surface area contributed by atoms with Crippen LogP contribution in [0.2, 0.25) is 0 Å². The molecule has 0 saturated heterocycles. The summed E-state index contributed by atoms with van der Waals surface area (Å²) in [5.74, 6) is 0. The summed E-state index contributed by atoms with van der Waals surface area (Å²) in [6.45, 7) is 1.83. The van der Waals surface area contributed by atoms with Crippen LogP contribution in [0.25, 0.3) is 0 Å². The molecule has 0 radical (unpaired) electrons. The summed E-state index contributed by atoms with van der Waals surface area (Å²) < 4.78 is 48.6. The maximum Gasteiger partial charge on any atom is 0.238 e. The second-order valence-corrected chi connectivity index (χ2v) is 8.93. The van der Waals surface area contributed by atoms with Gasteiger partial charge in [0.1, 0.15) is 0 Å². The Morgan fingerprint density at radius 2 is 1.54 bits per heavy atom. The van der Waals surface area contributed by atoms with E-state index in [2.05, 4.69) is 5.32 Å². The molecule has 0 atom stereocenters. The van der Waals surface area contributed by atoms with Gasteiger partial charge in [-0.1, -0.05) is 17.7 Å². The van der Waals surface area contributed by atoms with E-state index in [1.807, 2.05) is 6.92 Å². The number of hydrogen-bond donors (Lipinski definition) is 3. The molecule has 0 fully saturated rings. The second-order valence-electron chi connectivity index (χ2n) is 5.01. The molecule has 0 amide bonds. The number of nitrogens with two attached hydrogens (primary N) is 2. The fraction of sp³-hybridized carbons (Fsp3) is 0.0714. The third kappa shape index (κ3) is 3.90. The van der Waals surface area contributed by atoms with Gasteiger partial charge in [-0.2, -0.15) is 0 Å². The molecule has 5 N–H and O–H groups in total. The monoisotopic (exact) mass is 385 g/mol. The molecule has 0 bridgehead atoms. The number of aryl methyl sites for hydroxylation is 1. The fourth-order valence-corrected chi connectivity index (χ4v) is 4.04. The predicted octanol–water partition coefficient (Wildman–Crippen LogP) is 1.13. The van der Waals surface area contributed by atoms with E-state index in [4.69, 9.17) is 23.1 Å². The topological polar surface area (TPSA) is 132 Å². The highest BCUT2D eigenvalue weighted by molar-refractivity contribution is 7.91. The van der Waals surface area contributed by atoms with E-state index in [9.17, 15) is 16.8 Å². The van der Waals surface area contributed by atoms with Crippen molar-refractivity contribution in [3.8, 4) is 0 Å². The Balaban J connectivity index is 2.68. The van der Waals surface area contributed by atoms with Crippen LogP contribution in [0.4, 0.5) is 5.69 Å². The first kappa shape index (κ1) is 18.3. The van der Waals surface area contributed by atoms with Crippen LogP contribution in [-0.2, 0) is 19.9 Å². The van der Waals surface area contributed by atoms with E-state index < -0.39 is 19.9 Å². The Labute approximate surface area is 145 Å². The molecule has 0 aromatic heterocycles. The minimum Gasteiger partial charge on any atom is -0.376 e. The zero-order chi connectivity index (χ0) is 18.1. The molecule has 2 aromatic rings. The molecule has 0 heterocycles. The average Bonchev–Trinajstić information content (AvgIpc) is 2.46. The Bertz CT molecular complexity index is 998. The smallest absolute Gasteiger partial charge is 0.238 e. The summed E-state index contributed by atoms with van der Waals surface area (Å²) in [6, 6.07) is 9.58. The molecular formula is C14H15N3O4S3. The quantitative estimate of drug-likeness (QED) is 0.672. The molecule has 24 heavy (non-hydrogen) atoms. The molecule has 0 aliphatic rings. The van der Waals surface area contributed by atoms with Crippen LogP contribution in [0.5, 0.6) is 0 Å². The van der Waals surface area contributed by atoms with Crippen molar-refractivity contribution >= 4 is 42.9 Å². The van der Waals surface area contributed by atoms with Crippen molar-refractivity contribution in [3.05, 3.63) is 48.0 Å². The maximum atomic E-state index is 12.8. The summed E-state index contributed by atoms with van der Waals surface area (Å²) in [5.41, 5.74) is 6.24. The number of thiocarbonyl (C=S) groups is 1. The lowest BCUT2D eigenvalue weighted by Crippen LogP contribution is -2.21. The summed E-state index contributed by atoms with van der Waals surface area (Å²) in [7, 11) is -7.92. The molecule has 0 unspecified atom stereocenters. The van der Waals surface area contributed by atoms with E-state index in [-0.39, 0.29) is 25.5 Å². The number of primary sulfonamides is 1. The van der Waals surface area contributed by atoms with Crippen molar-refractivity contribution in [1.29, 1.82) is 0 Å². The standard InChI is InChI=1S/C14H15N3O4S3/c1-9-2-4-10(5-3-9)23(18,19)13-7-6-11(24(16,20)21)8-12(13)17-14(15)22/h2-8H,1H3,(H3,15,17,22)(H2,16,20,21). The third-order valence-electron chi connectivity index (χ3n) is 3.16. The summed E-state index contributed by atoms with van der Waals surface area (Å²) in [5, 5.41) is 7.35. The second kappa shape index (κ2) is 6.48. The number of sulfone groups is 1. The van der Waals surface area contributed by atoms with Gasteiger partial charge in [0.25, 0.3) is 0 Å². The lowest BCUT2D eigenvalue weighted by molar-refractivity contribution is 0.593. The van der Waals surface area contributed by atoms with E-state index in [1.54, 1.807) is 12.1 Å². The van der Waals surface area contributed by atoms with Gasteiger partial charge in [-0.05, 0) is 49.5 Å². The Morgan fingerprint density at radius 1 is 1.00 bits per heavy atom. The zero-order valence-electron chi connectivity index (χ0n) is 12.6. The summed E-state index contributed by atoms with van der Waals surface area (Å²) in [6.07, 6.45) is 0. The van der Waals surface area contributed by atoms with Crippen molar-refractivity contribution in [1.82, 2.24) is 0 Å². The minimum absolute atomic E-state index is 0.0578. The number of nitrogens with one attached hydrogen (secondary N) is 1. The predicted molar refractivity (Wildman–Crippen MR) is 94.9 cm³/mol. The van der Waals surface area contributed by atoms with Gasteiger partial charge in [-0.25, -0.2) is 22.0 Å². The maximum absolute atomic E-state index is 12.8. The van der Waals surface area contributed by atoms with Gasteiger partial charge in [0.15, 0.2) is 5.11 Å². The normalized spacial score (nSPS) is 11.9. The molecule has 0 aliphatic carbocycles. The molecular weight excluding hydrogens is 370 g/mol. The van der Waals surface area contributed by atoms with Crippen LogP contribution in [0.1, 0.15) is 5.56 Å². The third-order valence-corrected chi connectivity index (χ3v) is 6.00. The highest BCUT2D eigenvalue weighted by Crippen LogP contribution is 2.30. The summed E-state index contributed by atoms with van der Waals surface area (Å²) >= 11 is 4.72. The van der Waals surface area contributed by atoms with Crippen LogP contribution in [0, 0.1) is 6.92 Å². The Morgan fingerprint density at radius 3 is 2.04 bits per heavy atom. The van der Waals surface area contributed by atoms with Crippen LogP contribution in [0.15, 0.2) is 57.2 Å². The lowest BCUT2D eigenvalue weighted by atomic mass is 10.2. The van der Waals surface area contributed by atoms with E-state index >= 15 is 0 Å². The van der Waals surface area contributed by atoms with Gasteiger partial charge in [0.2, 0.25) is 19.9 Å². The molecule has 0 spiro atoms. The number of anilines is 1. The first-order valence-electron chi connectivity index (χ1n) is 6.57. The van der Waals surface area contributed by atoms with Crippen molar-refractivity contribution in [2.75, 3.05) is 5.32 Å². The number of hydrogen-bond acceptors (Lipinski definition) is 5. The Hall–Kier alpha value is -2.01. The van der Waals surface area contributed by atoms with Crippen LogP contribution < -0.4 is 16.2 Å². The molecule has 7 nitrogen and oxygen atoms in total. The summed E-state index contributed by atoms with van der Waals surface area (Å²) in [4.78, 5) is -0.363. The minimum atomic E-state index is -4.01. The van der Waals surface area contributed by atoms with Crippen molar-refractivity contribution in [2.24, 2.45) is 10.9 Å². The molecule has 2 aromatic carbocycles. The molecule has 0 saturated carbocycles. The van der Waals surface area contributed by atoms with Gasteiger partial charge in [-0.15, -0.1) is 0 Å². The largest absolute Gasteiger partial charge is 0.376 e. The van der Waals surface area contributed by atoms with Crippen LogP contribution in [0.3, 0.4) is 0 Å². The number of rotatable bonds is 4. The highest BCUT2D eigenvalue weighted by Gasteiger charge is 2.23. The molecule has 10 heteroatoms. The Kier molecular flexibility index (Phi) is 4.95. The number of sulfonamides is 1. The lowest BCUT2D eigenvalue weighted by Gasteiger charge is -2.13. The SMILES string of the molecule is Cc1ccc(S(=O)(=O)c2ccc(S(N)(=O)=O)cc2NC(N)=S)cc1. The number of benzene rings is 2. The van der Waals surface area contributed by atoms with Gasteiger partial charge < -0.3 is 11.1 Å². The van der Waals surface area contributed by atoms with Gasteiger partial charge in [0, 0.05) is 0 Å². The van der Waals surface area contributed by atoms with Crippen molar-refractivity contribution in [2.45, 2.75) is 21.6 Å². The van der Waals surface area contributed by atoms with Crippen LogP contribution >= 0.6 is 12.2 Å². The molecule has 128 valence electrons.